The third kappa shape index (κ3) is 2.86. The molecule has 0 aromatic carbocycles. The molecule has 1 fully saturated rings. The molecule has 3 nitrogen and oxygen atoms in total. The van der Waals surface area contributed by atoms with Gasteiger partial charge in [0.1, 0.15) is 5.76 Å². The molecule has 1 aromatic heterocycles. The van der Waals surface area contributed by atoms with Crippen molar-refractivity contribution in [2.75, 3.05) is 6.61 Å². The largest absolute Gasteiger partial charge is 0.468 e. The molecule has 0 radical (unpaired) electrons. The normalized spacial score (nSPS) is 26.6. The van der Waals surface area contributed by atoms with Crippen LogP contribution >= 0.6 is 0 Å². The summed E-state index contributed by atoms with van der Waals surface area (Å²) >= 11 is 0. The van der Waals surface area contributed by atoms with E-state index in [9.17, 15) is 0 Å². The molecule has 0 amide bonds. The van der Waals surface area contributed by atoms with E-state index in [2.05, 4.69) is 26.1 Å². The lowest BCUT2D eigenvalue weighted by molar-refractivity contribution is -0.0642. The van der Waals surface area contributed by atoms with Gasteiger partial charge in [0.15, 0.2) is 0 Å². The maximum absolute atomic E-state index is 5.70. The van der Waals surface area contributed by atoms with Crippen molar-refractivity contribution < 1.29 is 9.15 Å². The monoisotopic (exact) mass is 223 g/mol. The van der Waals surface area contributed by atoms with Crippen molar-refractivity contribution in [3.63, 3.8) is 0 Å². The molecule has 1 aliphatic rings. The molecule has 0 bridgehead atoms. The summed E-state index contributed by atoms with van der Waals surface area (Å²) in [5.74, 6) is 1.00. The second kappa shape index (κ2) is 4.60. The van der Waals surface area contributed by atoms with E-state index >= 15 is 0 Å². The van der Waals surface area contributed by atoms with Crippen molar-refractivity contribution in [1.82, 2.24) is 5.32 Å². The second-order valence-corrected chi connectivity index (χ2v) is 5.20. The Kier molecular flexibility index (Phi) is 3.36. The van der Waals surface area contributed by atoms with Crippen molar-refractivity contribution >= 4 is 0 Å². The Morgan fingerprint density at radius 1 is 1.50 bits per heavy atom. The van der Waals surface area contributed by atoms with Crippen LogP contribution in [0.5, 0.6) is 0 Å². The summed E-state index contributed by atoms with van der Waals surface area (Å²) in [5.41, 5.74) is -0.00119. The molecule has 2 rings (SSSR count). The van der Waals surface area contributed by atoms with Gasteiger partial charge in [-0.3, -0.25) is 0 Å². The van der Waals surface area contributed by atoms with E-state index in [0.29, 0.717) is 6.04 Å². The van der Waals surface area contributed by atoms with Crippen LogP contribution in [0, 0.1) is 0 Å². The van der Waals surface area contributed by atoms with E-state index in [4.69, 9.17) is 9.15 Å². The topological polar surface area (TPSA) is 34.4 Å². The van der Waals surface area contributed by atoms with Crippen LogP contribution in [-0.2, 0) is 4.74 Å². The van der Waals surface area contributed by atoms with Crippen LogP contribution in [-0.4, -0.2) is 18.2 Å². The summed E-state index contributed by atoms with van der Waals surface area (Å²) in [6, 6.07) is 4.74. The first-order valence-corrected chi connectivity index (χ1v) is 6.00. The molecule has 0 spiro atoms. The maximum Gasteiger partial charge on any atom is 0.120 e. The van der Waals surface area contributed by atoms with Crippen LogP contribution < -0.4 is 5.32 Å². The van der Waals surface area contributed by atoms with Crippen LogP contribution in [0.1, 0.15) is 45.4 Å². The summed E-state index contributed by atoms with van der Waals surface area (Å²) in [7, 11) is 0. The number of hydrogen-bond donors (Lipinski definition) is 1. The highest BCUT2D eigenvalue weighted by atomic mass is 16.5. The highest BCUT2D eigenvalue weighted by Gasteiger charge is 2.29. The van der Waals surface area contributed by atoms with Gasteiger partial charge in [-0.05, 0) is 45.7 Å². The van der Waals surface area contributed by atoms with Gasteiger partial charge < -0.3 is 14.5 Å². The molecule has 1 saturated heterocycles. The minimum absolute atomic E-state index is 0.00119. The highest BCUT2D eigenvalue weighted by molar-refractivity contribution is 5.03. The number of furan rings is 1. The molecular weight excluding hydrogens is 202 g/mol. The number of nitrogens with one attached hydrogen (secondary N) is 1. The number of rotatable bonds is 3. The fourth-order valence-corrected chi connectivity index (χ4v) is 2.35. The quantitative estimate of drug-likeness (QED) is 0.855. The zero-order valence-corrected chi connectivity index (χ0v) is 10.3. The summed E-state index contributed by atoms with van der Waals surface area (Å²) in [6.07, 6.45) is 3.86. The van der Waals surface area contributed by atoms with Crippen molar-refractivity contribution in [1.29, 1.82) is 0 Å². The average molecular weight is 223 g/mol. The Hall–Kier alpha value is -0.800. The minimum Gasteiger partial charge on any atom is -0.468 e. The Labute approximate surface area is 97.2 Å². The van der Waals surface area contributed by atoms with Crippen LogP contribution in [0.25, 0.3) is 0 Å². The van der Waals surface area contributed by atoms with Crippen LogP contribution in [0.3, 0.4) is 0 Å². The predicted molar refractivity (Wildman–Crippen MR) is 63.3 cm³/mol. The molecular formula is C13H21NO2. The van der Waals surface area contributed by atoms with Crippen LogP contribution in [0.4, 0.5) is 0 Å². The van der Waals surface area contributed by atoms with Gasteiger partial charge in [-0.2, -0.15) is 0 Å². The standard InChI is InChI=1S/C13H21NO2/c1-10(12-5-4-7-15-12)14-11-6-8-16-13(2,3)9-11/h4-5,7,10-11,14H,6,8-9H2,1-3H3/t10-,11?/m1/s1. The zero-order chi connectivity index (χ0) is 11.6. The lowest BCUT2D eigenvalue weighted by atomic mass is 9.93. The van der Waals surface area contributed by atoms with E-state index < -0.39 is 0 Å². The molecule has 2 atom stereocenters. The van der Waals surface area contributed by atoms with Crippen molar-refractivity contribution in [2.45, 2.75) is 51.3 Å². The summed E-state index contributed by atoms with van der Waals surface area (Å²) in [4.78, 5) is 0. The van der Waals surface area contributed by atoms with Gasteiger partial charge in [0.25, 0.3) is 0 Å². The third-order valence-electron chi connectivity index (χ3n) is 3.15. The number of hydrogen-bond acceptors (Lipinski definition) is 3. The Balaban J connectivity index is 1.90. The van der Waals surface area contributed by atoms with Gasteiger partial charge in [-0.1, -0.05) is 0 Å². The molecule has 3 heteroatoms. The summed E-state index contributed by atoms with van der Waals surface area (Å²) in [6.45, 7) is 7.29. The van der Waals surface area contributed by atoms with Gasteiger partial charge in [0, 0.05) is 12.6 Å². The fourth-order valence-electron chi connectivity index (χ4n) is 2.35. The van der Waals surface area contributed by atoms with E-state index in [1.165, 1.54) is 0 Å². The maximum atomic E-state index is 5.70. The molecule has 1 aliphatic heterocycles. The van der Waals surface area contributed by atoms with Crippen molar-refractivity contribution in [2.24, 2.45) is 0 Å². The smallest absolute Gasteiger partial charge is 0.120 e. The Bertz CT molecular complexity index is 319. The molecule has 0 saturated carbocycles. The van der Waals surface area contributed by atoms with Crippen LogP contribution in [0.15, 0.2) is 22.8 Å². The van der Waals surface area contributed by atoms with Gasteiger partial charge in [-0.15, -0.1) is 0 Å². The average Bonchev–Trinajstić information content (AvgIpc) is 2.68. The third-order valence-corrected chi connectivity index (χ3v) is 3.15. The highest BCUT2D eigenvalue weighted by Crippen LogP contribution is 2.25. The first-order chi connectivity index (χ1) is 7.57. The van der Waals surface area contributed by atoms with E-state index in [1.54, 1.807) is 6.26 Å². The summed E-state index contributed by atoms with van der Waals surface area (Å²) < 4.78 is 11.1. The lowest BCUT2D eigenvalue weighted by Crippen LogP contribution is -2.44. The fraction of sp³-hybridized carbons (Fsp3) is 0.692. The first kappa shape index (κ1) is 11.7. The first-order valence-electron chi connectivity index (χ1n) is 6.00. The molecule has 2 heterocycles. The SMILES string of the molecule is C[C@@H](NC1CCOC(C)(C)C1)c1ccco1. The van der Waals surface area contributed by atoms with Crippen molar-refractivity contribution in [3.8, 4) is 0 Å². The summed E-state index contributed by atoms with van der Waals surface area (Å²) in [5, 5.41) is 3.60. The molecule has 16 heavy (non-hydrogen) atoms. The molecule has 90 valence electrons. The predicted octanol–water partition coefficient (Wildman–Crippen LogP) is 2.89. The zero-order valence-electron chi connectivity index (χ0n) is 10.3. The second-order valence-electron chi connectivity index (χ2n) is 5.20. The minimum atomic E-state index is -0.00119. The Morgan fingerprint density at radius 2 is 2.31 bits per heavy atom. The Morgan fingerprint density at radius 3 is 2.94 bits per heavy atom. The van der Waals surface area contributed by atoms with E-state index in [-0.39, 0.29) is 11.6 Å². The van der Waals surface area contributed by atoms with Gasteiger partial charge in [-0.25, -0.2) is 0 Å². The van der Waals surface area contributed by atoms with Gasteiger partial charge in [0.05, 0.1) is 17.9 Å². The van der Waals surface area contributed by atoms with Gasteiger partial charge in [0.2, 0.25) is 0 Å². The molecule has 1 aromatic rings. The van der Waals surface area contributed by atoms with Gasteiger partial charge >= 0.3 is 0 Å². The molecule has 1 unspecified atom stereocenters. The molecule has 1 N–H and O–H groups in total. The number of ether oxygens (including phenoxy) is 1. The molecule has 0 aliphatic carbocycles. The van der Waals surface area contributed by atoms with Crippen molar-refractivity contribution in [3.05, 3.63) is 24.2 Å². The van der Waals surface area contributed by atoms with E-state index in [0.717, 1.165) is 25.2 Å². The lowest BCUT2D eigenvalue weighted by Gasteiger charge is -2.36. The van der Waals surface area contributed by atoms with Crippen LogP contribution in [0.2, 0.25) is 0 Å². The van der Waals surface area contributed by atoms with E-state index in [1.807, 2.05) is 12.1 Å².